The minimum absolute atomic E-state index is 0.196. The molecule has 90 valence electrons. The zero-order valence-corrected chi connectivity index (χ0v) is 10.7. The summed E-state index contributed by atoms with van der Waals surface area (Å²) in [5.74, 6) is 0. The van der Waals surface area contributed by atoms with E-state index in [9.17, 15) is 0 Å². The predicted molar refractivity (Wildman–Crippen MR) is 70.0 cm³/mol. The molecular formula is C13H16ClN3. The van der Waals surface area contributed by atoms with E-state index in [-0.39, 0.29) is 12.1 Å². The third kappa shape index (κ3) is 2.87. The van der Waals surface area contributed by atoms with Gasteiger partial charge in [-0.25, -0.2) is 0 Å². The van der Waals surface area contributed by atoms with Crippen molar-refractivity contribution < 1.29 is 0 Å². The van der Waals surface area contributed by atoms with Gasteiger partial charge in [-0.05, 0) is 31.5 Å². The Morgan fingerprint density at radius 2 is 1.94 bits per heavy atom. The maximum absolute atomic E-state index is 6.17. The molecular weight excluding hydrogens is 234 g/mol. The lowest BCUT2D eigenvalue weighted by Crippen LogP contribution is -2.23. The first-order valence-corrected chi connectivity index (χ1v) is 6.06. The summed E-state index contributed by atoms with van der Waals surface area (Å²) in [6.45, 7) is 4.20. The van der Waals surface area contributed by atoms with Crippen molar-refractivity contribution in [2.45, 2.75) is 25.9 Å². The van der Waals surface area contributed by atoms with Crippen LogP contribution in [0.15, 0.2) is 36.5 Å². The fourth-order valence-electron chi connectivity index (χ4n) is 1.89. The topological polar surface area (TPSA) is 40.7 Å². The average Bonchev–Trinajstić information content (AvgIpc) is 2.82. The lowest BCUT2D eigenvalue weighted by Gasteiger charge is -2.20. The third-order valence-corrected chi connectivity index (χ3v) is 3.20. The van der Waals surface area contributed by atoms with E-state index in [1.54, 1.807) is 6.20 Å². The van der Waals surface area contributed by atoms with E-state index < -0.39 is 0 Å². The standard InChI is InChI=1S/C13H16ClN3/c1-9(11-5-3-4-6-12(11)14)16-10(2)13-7-8-15-17-13/h3-10,16H,1-2H3,(H,15,17). The van der Waals surface area contributed by atoms with Crippen molar-refractivity contribution in [2.24, 2.45) is 0 Å². The molecule has 0 radical (unpaired) electrons. The van der Waals surface area contributed by atoms with Gasteiger partial charge in [0, 0.05) is 23.3 Å². The van der Waals surface area contributed by atoms with E-state index in [4.69, 9.17) is 11.6 Å². The van der Waals surface area contributed by atoms with Crippen LogP contribution in [-0.4, -0.2) is 10.2 Å². The fourth-order valence-corrected chi connectivity index (χ4v) is 2.19. The molecule has 0 fully saturated rings. The maximum atomic E-state index is 6.17. The van der Waals surface area contributed by atoms with Gasteiger partial charge >= 0.3 is 0 Å². The number of halogens is 1. The van der Waals surface area contributed by atoms with Crippen molar-refractivity contribution in [2.75, 3.05) is 0 Å². The Balaban J connectivity index is 2.07. The van der Waals surface area contributed by atoms with Gasteiger partial charge in [0.15, 0.2) is 0 Å². The molecule has 2 atom stereocenters. The number of aromatic amines is 1. The van der Waals surface area contributed by atoms with Crippen LogP contribution in [0.4, 0.5) is 0 Å². The minimum Gasteiger partial charge on any atom is -0.302 e. The molecule has 2 unspecified atom stereocenters. The molecule has 1 aromatic heterocycles. The first-order valence-electron chi connectivity index (χ1n) is 5.68. The summed E-state index contributed by atoms with van der Waals surface area (Å²) in [6, 6.07) is 10.3. The molecule has 0 spiro atoms. The Morgan fingerprint density at radius 3 is 2.59 bits per heavy atom. The second kappa shape index (κ2) is 5.34. The molecule has 4 heteroatoms. The fraction of sp³-hybridized carbons (Fsp3) is 0.308. The number of hydrogen-bond donors (Lipinski definition) is 2. The van der Waals surface area contributed by atoms with Crippen molar-refractivity contribution in [3.05, 3.63) is 52.8 Å². The largest absolute Gasteiger partial charge is 0.302 e. The molecule has 0 amide bonds. The molecule has 1 aromatic carbocycles. The van der Waals surface area contributed by atoms with Crippen LogP contribution in [0.2, 0.25) is 5.02 Å². The van der Waals surface area contributed by atoms with E-state index in [0.717, 1.165) is 16.3 Å². The van der Waals surface area contributed by atoms with Gasteiger partial charge in [0.1, 0.15) is 0 Å². The highest BCUT2D eigenvalue weighted by Gasteiger charge is 2.13. The number of aromatic nitrogens is 2. The number of H-pyrrole nitrogens is 1. The Morgan fingerprint density at radius 1 is 1.18 bits per heavy atom. The van der Waals surface area contributed by atoms with Gasteiger partial charge in [0.25, 0.3) is 0 Å². The number of nitrogens with one attached hydrogen (secondary N) is 2. The zero-order chi connectivity index (χ0) is 12.3. The molecule has 17 heavy (non-hydrogen) atoms. The van der Waals surface area contributed by atoms with Crippen molar-refractivity contribution in [3.63, 3.8) is 0 Å². The summed E-state index contributed by atoms with van der Waals surface area (Å²) in [4.78, 5) is 0. The first-order chi connectivity index (χ1) is 8.18. The van der Waals surface area contributed by atoms with Gasteiger partial charge in [0.2, 0.25) is 0 Å². The normalized spacial score (nSPS) is 14.5. The van der Waals surface area contributed by atoms with E-state index in [2.05, 4.69) is 29.4 Å². The maximum Gasteiger partial charge on any atom is 0.0518 e. The minimum atomic E-state index is 0.196. The lowest BCUT2D eigenvalue weighted by molar-refractivity contribution is 0.486. The van der Waals surface area contributed by atoms with Crippen LogP contribution >= 0.6 is 11.6 Å². The van der Waals surface area contributed by atoms with E-state index in [1.807, 2.05) is 30.3 Å². The van der Waals surface area contributed by atoms with Crippen LogP contribution in [0.5, 0.6) is 0 Å². The second-order valence-corrected chi connectivity index (χ2v) is 4.55. The zero-order valence-electron chi connectivity index (χ0n) is 9.94. The Labute approximate surface area is 106 Å². The molecule has 3 nitrogen and oxygen atoms in total. The van der Waals surface area contributed by atoms with Crippen molar-refractivity contribution >= 4 is 11.6 Å². The van der Waals surface area contributed by atoms with Crippen LogP contribution < -0.4 is 5.32 Å². The third-order valence-electron chi connectivity index (χ3n) is 2.86. The van der Waals surface area contributed by atoms with Crippen molar-refractivity contribution in [3.8, 4) is 0 Å². The van der Waals surface area contributed by atoms with Crippen LogP contribution in [0.3, 0.4) is 0 Å². The van der Waals surface area contributed by atoms with Crippen molar-refractivity contribution in [1.29, 1.82) is 0 Å². The molecule has 2 rings (SSSR count). The molecule has 0 saturated heterocycles. The van der Waals surface area contributed by atoms with Gasteiger partial charge in [-0.3, -0.25) is 5.10 Å². The molecule has 0 aliphatic rings. The number of nitrogens with zero attached hydrogens (tertiary/aromatic N) is 1. The summed E-state index contributed by atoms with van der Waals surface area (Å²) in [7, 11) is 0. The SMILES string of the molecule is CC(NC(C)c1ccccc1Cl)c1ccn[nH]1. The molecule has 0 aliphatic heterocycles. The van der Waals surface area contributed by atoms with Gasteiger partial charge in [0.05, 0.1) is 5.69 Å². The van der Waals surface area contributed by atoms with E-state index in [0.29, 0.717) is 0 Å². The highest BCUT2D eigenvalue weighted by atomic mass is 35.5. The van der Waals surface area contributed by atoms with Gasteiger partial charge in [-0.15, -0.1) is 0 Å². The van der Waals surface area contributed by atoms with Crippen molar-refractivity contribution in [1.82, 2.24) is 15.5 Å². The Kier molecular flexibility index (Phi) is 3.82. The van der Waals surface area contributed by atoms with Crippen LogP contribution in [-0.2, 0) is 0 Å². The lowest BCUT2D eigenvalue weighted by atomic mass is 10.1. The average molecular weight is 250 g/mol. The summed E-state index contributed by atoms with van der Waals surface area (Å²) in [5, 5.41) is 11.2. The quantitative estimate of drug-likeness (QED) is 0.871. The molecule has 0 bridgehead atoms. The Hall–Kier alpha value is -1.32. The summed E-state index contributed by atoms with van der Waals surface area (Å²) in [5.41, 5.74) is 2.18. The smallest absolute Gasteiger partial charge is 0.0518 e. The molecule has 0 aliphatic carbocycles. The number of benzene rings is 1. The summed E-state index contributed by atoms with van der Waals surface area (Å²) < 4.78 is 0. The number of rotatable bonds is 4. The monoisotopic (exact) mass is 249 g/mol. The van der Waals surface area contributed by atoms with E-state index in [1.165, 1.54) is 0 Å². The molecule has 2 aromatic rings. The highest BCUT2D eigenvalue weighted by molar-refractivity contribution is 6.31. The van der Waals surface area contributed by atoms with Gasteiger partial charge in [-0.2, -0.15) is 5.10 Å². The van der Waals surface area contributed by atoms with E-state index >= 15 is 0 Å². The molecule has 0 saturated carbocycles. The predicted octanol–water partition coefficient (Wildman–Crippen LogP) is 3.47. The van der Waals surface area contributed by atoms with Gasteiger partial charge in [-0.1, -0.05) is 29.8 Å². The van der Waals surface area contributed by atoms with Crippen LogP contribution in [0.25, 0.3) is 0 Å². The van der Waals surface area contributed by atoms with Gasteiger partial charge < -0.3 is 5.32 Å². The van der Waals surface area contributed by atoms with Crippen LogP contribution in [0.1, 0.15) is 37.2 Å². The highest BCUT2D eigenvalue weighted by Crippen LogP contribution is 2.24. The summed E-state index contributed by atoms with van der Waals surface area (Å²) >= 11 is 6.17. The number of hydrogen-bond acceptors (Lipinski definition) is 2. The second-order valence-electron chi connectivity index (χ2n) is 4.14. The molecule has 2 N–H and O–H groups in total. The summed E-state index contributed by atoms with van der Waals surface area (Å²) in [6.07, 6.45) is 1.76. The van der Waals surface area contributed by atoms with Crippen LogP contribution in [0, 0.1) is 0 Å². The Bertz CT molecular complexity index is 467. The first kappa shape index (κ1) is 12.1. The molecule has 1 heterocycles.